The fourth-order valence-corrected chi connectivity index (χ4v) is 1.85. The van der Waals surface area contributed by atoms with Gasteiger partial charge in [-0.3, -0.25) is 4.79 Å². The molecule has 1 rings (SSSR count). The van der Waals surface area contributed by atoms with Crippen molar-refractivity contribution in [2.75, 3.05) is 5.32 Å². The molecule has 3 nitrogen and oxygen atoms in total. The normalized spacial score (nSPS) is 13.5. The molecule has 106 valence electrons. The van der Waals surface area contributed by atoms with E-state index in [9.17, 15) is 18.0 Å². The third-order valence-corrected chi connectivity index (χ3v) is 2.97. The zero-order valence-electron chi connectivity index (χ0n) is 10.4. The number of carbonyl (C=O) groups excluding carboxylic acids is 1. The summed E-state index contributed by atoms with van der Waals surface area (Å²) in [5.41, 5.74) is 4.84. The molecule has 0 saturated heterocycles. The molecule has 1 aromatic carbocycles. The molecule has 3 N–H and O–H groups in total. The minimum atomic E-state index is -4.47. The molecule has 1 atom stereocenters. The molecule has 7 heteroatoms. The molecule has 0 aliphatic rings. The third kappa shape index (κ3) is 4.50. The van der Waals surface area contributed by atoms with Gasteiger partial charge in [-0.1, -0.05) is 29.8 Å². The quantitative estimate of drug-likeness (QED) is 0.887. The molecule has 19 heavy (non-hydrogen) atoms. The number of benzene rings is 1. The topological polar surface area (TPSA) is 55.1 Å². The number of anilines is 1. The van der Waals surface area contributed by atoms with E-state index < -0.39 is 23.7 Å². The van der Waals surface area contributed by atoms with Gasteiger partial charge < -0.3 is 11.1 Å². The van der Waals surface area contributed by atoms with E-state index in [0.717, 1.165) is 12.1 Å². The molecule has 1 amide bonds. The summed E-state index contributed by atoms with van der Waals surface area (Å²) in [6.07, 6.45) is -4.47. The van der Waals surface area contributed by atoms with Crippen LogP contribution in [0.3, 0.4) is 0 Å². The number of amides is 1. The number of nitrogens with two attached hydrogens (primary N) is 1. The van der Waals surface area contributed by atoms with E-state index >= 15 is 0 Å². The van der Waals surface area contributed by atoms with Gasteiger partial charge in [-0.25, -0.2) is 0 Å². The van der Waals surface area contributed by atoms with E-state index in [1.807, 2.05) is 0 Å². The van der Waals surface area contributed by atoms with Crippen molar-refractivity contribution in [3.05, 3.63) is 28.2 Å². The van der Waals surface area contributed by atoms with Crippen LogP contribution in [-0.2, 0) is 11.0 Å². The molecule has 0 spiro atoms. The van der Waals surface area contributed by atoms with Crippen molar-refractivity contribution in [2.45, 2.75) is 26.1 Å². The number of alkyl halides is 3. The van der Waals surface area contributed by atoms with Crippen molar-refractivity contribution >= 4 is 27.5 Å². The molecule has 0 saturated carbocycles. The summed E-state index contributed by atoms with van der Waals surface area (Å²) in [6.45, 7) is 3.51. The number of nitrogens with one attached hydrogen (secondary N) is 1. The largest absolute Gasteiger partial charge is 0.416 e. The summed E-state index contributed by atoms with van der Waals surface area (Å²) in [6, 6.07) is 2.43. The molecule has 0 aliphatic heterocycles. The first-order valence-electron chi connectivity index (χ1n) is 5.55. The Morgan fingerprint density at radius 3 is 2.37 bits per heavy atom. The highest BCUT2D eigenvalue weighted by Gasteiger charge is 2.31. The lowest BCUT2D eigenvalue weighted by molar-refractivity contribution is -0.137. The van der Waals surface area contributed by atoms with E-state index in [4.69, 9.17) is 5.73 Å². The predicted molar refractivity (Wildman–Crippen MR) is 70.6 cm³/mol. The lowest BCUT2D eigenvalue weighted by Gasteiger charge is -2.16. The maximum atomic E-state index is 12.6. The summed E-state index contributed by atoms with van der Waals surface area (Å²) >= 11 is 2.98. The maximum Gasteiger partial charge on any atom is 0.416 e. The van der Waals surface area contributed by atoms with Gasteiger partial charge in [-0.15, -0.1) is 0 Å². The monoisotopic (exact) mass is 338 g/mol. The summed E-state index contributed by atoms with van der Waals surface area (Å²) in [4.78, 5) is 11.7. The molecule has 0 bridgehead atoms. The lowest BCUT2D eigenvalue weighted by atomic mass is 10.0. The van der Waals surface area contributed by atoms with Crippen LogP contribution in [0, 0.1) is 5.92 Å². The number of hydrogen-bond donors (Lipinski definition) is 2. The van der Waals surface area contributed by atoms with Crippen molar-refractivity contribution in [3.8, 4) is 0 Å². The van der Waals surface area contributed by atoms with E-state index in [-0.39, 0.29) is 16.1 Å². The zero-order chi connectivity index (χ0) is 14.8. The highest BCUT2D eigenvalue weighted by molar-refractivity contribution is 9.10. The van der Waals surface area contributed by atoms with Crippen LogP contribution in [0.25, 0.3) is 0 Å². The van der Waals surface area contributed by atoms with E-state index in [2.05, 4.69) is 21.2 Å². The number of carbonyl (C=O) groups is 1. The number of rotatable bonds is 3. The van der Waals surface area contributed by atoms with Crippen molar-refractivity contribution in [3.63, 3.8) is 0 Å². The Hall–Kier alpha value is -1.08. The van der Waals surface area contributed by atoms with Crippen LogP contribution in [0.5, 0.6) is 0 Å². The van der Waals surface area contributed by atoms with Crippen LogP contribution in [0.1, 0.15) is 19.4 Å². The van der Waals surface area contributed by atoms with Crippen LogP contribution in [0.2, 0.25) is 0 Å². The van der Waals surface area contributed by atoms with E-state index in [1.165, 1.54) is 6.07 Å². The van der Waals surface area contributed by atoms with Gasteiger partial charge in [0.2, 0.25) is 5.91 Å². The predicted octanol–water partition coefficient (Wildman–Crippen LogP) is 3.39. The van der Waals surface area contributed by atoms with Crippen molar-refractivity contribution in [1.29, 1.82) is 0 Å². The first-order chi connectivity index (χ1) is 8.61. The number of hydrogen-bond acceptors (Lipinski definition) is 2. The van der Waals surface area contributed by atoms with Crippen LogP contribution >= 0.6 is 15.9 Å². The van der Waals surface area contributed by atoms with Gasteiger partial charge in [-0.2, -0.15) is 13.2 Å². The first kappa shape index (κ1) is 16.0. The Kier molecular flexibility index (Phi) is 4.98. The van der Waals surface area contributed by atoms with E-state index in [0.29, 0.717) is 0 Å². The van der Waals surface area contributed by atoms with Gasteiger partial charge >= 0.3 is 6.18 Å². The summed E-state index contributed by atoms with van der Waals surface area (Å²) < 4.78 is 38.1. The molecule has 1 aromatic rings. The highest BCUT2D eigenvalue weighted by atomic mass is 79.9. The molecule has 0 aromatic heterocycles. The molecule has 0 heterocycles. The van der Waals surface area contributed by atoms with Gasteiger partial charge in [0.15, 0.2) is 0 Å². The van der Waals surface area contributed by atoms with E-state index in [1.54, 1.807) is 13.8 Å². The standard InChI is InChI=1S/C12H14BrF3N2O/c1-6(2)10(17)11(19)18-9-4-7(12(14,15)16)3-8(13)5-9/h3-6,10H,17H2,1-2H3,(H,18,19). The second kappa shape index (κ2) is 5.92. The van der Waals surface area contributed by atoms with Gasteiger partial charge in [0.05, 0.1) is 11.6 Å². The fraction of sp³-hybridized carbons (Fsp3) is 0.417. The average molecular weight is 339 g/mol. The smallest absolute Gasteiger partial charge is 0.325 e. The Labute approximate surface area is 117 Å². The molecular formula is C12H14BrF3N2O. The molecular weight excluding hydrogens is 325 g/mol. The third-order valence-electron chi connectivity index (χ3n) is 2.51. The van der Waals surface area contributed by atoms with Gasteiger partial charge in [0, 0.05) is 10.2 Å². The van der Waals surface area contributed by atoms with Crippen LogP contribution in [0.15, 0.2) is 22.7 Å². The van der Waals surface area contributed by atoms with Gasteiger partial charge in [0.1, 0.15) is 0 Å². The van der Waals surface area contributed by atoms with Crippen LogP contribution < -0.4 is 11.1 Å². The van der Waals surface area contributed by atoms with Crippen molar-refractivity contribution in [2.24, 2.45) is 11.7 Å². The Balaban J connectivity index is 2.97. The van der Waals surface area contributed by atoms with Crippen LogP contribution in [0.4, 0.5) is 18.9 Å². The number of halogens is 4. The maximum absolute atomic E-state index is 12.6. The lowest BCUT2D eigenvalue weighted by Crippen LogP contribution is -2.39. The fourth-order valence-electron chi connectivity index (χ4n) is 1.35. The Morgan fingerprint density at radius 2 is 1.89 bits per heavy atom. The molecule has 1 unspecified atom stereocenters. The zero-order valence-corrected chi connectivity index (χ0v) is 12.0. The minimum absolute atomic E-state index is 0.0581. The summed E-state index contributed by atoms with van der Waals surface area (Å²) in [7, 11) is 0. The highest BCUT2D eigenvalue weighted by Crippen LogP contribution is 2.33. The SMILES string of the molecule is CC(C)C(N)C(=O)Nc1cc(Br)cc(C(F)(F)F)c1. The second-order valence-corrected chi connectivity index (χ2v) is 5.40. The molecule has 0 aliphatic carbocycles. The Bertz CT molecular complexity index is 475. The Morgan fingerprint density at radius 1 is 1.32 bits per heavy atom. The molecule has 0 fully saturated rings. The van der Waals surface area contributed by atoms with Crippen molar-refractivity contribution < 1.29 is 18.0 Å². The second-order valence-electron chi connectivity index (χ2n) is 4.49. The van der Waals surface area contributed by atoms with Gasteiger partial charge in [-0.05, 0) is 24.1 Å². The molecule has 0 radical (unpaired) electrons. The minimum Gasteiger partial charge on any atom is -0.325 e. The van der Waals surface area contributed by atoms with Gasteiger partial charge in [0.25, 0.3) is 0 Å². The van der Waals surface area contributed by atoms with Crippen LogP contribution in [-0.4, -0.2) is 11.9 Å². The summed E-state index contributed by atoms with van der Waals surface area (Å²) in [5.74, 6) is -0.615. The average Bonchev–Trinajstić information content (AvgIpc) is 2.25. The summed E-state index contributed by atoms with van der Waals surface area (Å²) in [5, 5.41) is 2.38. The first-order valence-corrected chi connectivity index (χ1v) is 6.35. The van der Waals surface area contributed by atoms with Crippen molar-refractivity contribution in [1.82, 2.24) is 0 Å².